The van der Waals surface area contributed by atoms with E-state index < -0.39 is 5.69 Å². The van der Waals surface area contributed by atoms with Crippen molar-refractivity contribution in [2.75, 3.05) is 11.9 Å². The smallest absolute Gasteiger partial charge is 0.382 e. The molecule has 0 amide bonds. The first kappa shape index (κ1) is 14.1. The lowest BCUT2D eigenvalue weighted by molar-refractivity contribution is 0.0861. The largest absolute Gasteiger partial charge is 0.405 e. The Hall–Kier alpha value is -2.30. The maximum atomic E-state index is 11.8. The van der Waals surface area contributed by atoms with E-state index >= 15 is 0 Å². The monoisotopic (exact) mass is 273 g/mol. The lowest BCUT2D eigenvalue weighted by Gasteiger charge is -2.09. The van der Waals surface area contributed by atoms with E-state index in [1.807, 2.05) is 30.3 Å². The molecule has 0 spiro atoms. The van der Waals surface area contributed by atoms with Gasteiger partial charge in [0.2, 0.25) is 0 Å². The zero-order chi connectivity index (χ0) is 14.2. The normalized spacial score (nSPS) is 10.2. The Morgan fingerprint density at radius 1 is 1.25 bits per heavy atom. The minimum absolute atomic E-state index is 0.338. The summed E-state index contributed by atoms with van der Waals surface area (Å²) >= 11 is 0. The van der Waals surface area contributed by atoms with Gasteiger partial charge in [0.15, 0.2) is 0 Å². The summed E-state index contributed by atoms with van der Waals surface area (Å²) in [4.78, 5) is 21.1. The van der Waals surface area contributed by atoms with Crippen LogP contribution in [0.5, 0.6) is 0 Å². The fourth-order valence-electron chi connectivity index (χ4n) is 1.70. The van der Waals surface area contributed by atoms with Gasteiger partial charge >= 0.3 is 5.69 Å². The lowest BCUT2D eigenvalue weighted by Crippen LogP contribution is -2.29. The highest BCUT2D eigenvalue weighted by Gasteiger charge is 2.01. The molecular formula is C15H19N3O2. The van der Waals surface area contributed by atoms with Crippen molar-refractivity contribution in [1.29, 1.82) is 0 Å². The molecule has 0 bridgehead atoms. The van der Waals surface area contributed by atoms with Gasteiger partial charge in [-0.3, -0.25) is 0 Å². The fourth-order valence-corrected chi connectivity index (χ4v) is 1.70. The third-order valence-corrected chi connectivity index (χ3v) is 2.82. The summed E-state index contributed by atoms with van der Waals surface area (Å²) in [7, 11) is 0. The van der Waals surface area contributed by atoms with Crippen LogP contribution < -0.4 is 15.8 Å². The van der Waals surface area contributed by atoms with Gasteiger partial charge < -0.3 is 10.2 Å². The van der Waals surface area contributed by atoms with Crippen molar-refractivity contribution in [2.24, 2.45) is 0 Å². The Kier molecular flexibility index (Phi) is 5.17. The maximum absolute atomic E-state index is 11.8. The SMILES string of the molecule is CCCCNc1ccn(OCc2ccccc2)c(=O)n1. The van der Waals surface area contributed by atoms with Gasteiger partial charge in [-0.25, -0.2) is 4.79 Å². The van der Waals surface area contributed by atoms with E-state index in [-0.39, 0.29) is 0 Å². The molecule has 1 heterocycles. The van der Waals surface area contributed by atoms with Crippen LogP contribution in [0.2, 0.25) is 0 Å². The molecular weight excluding hydrogens is 254 g/mol. The number of rotatable bonds is 7. The Labute approximate surface area is 118 Å². The van der Waals surface area contributed by atoms with Crippen LogP contribution in [-0.2, 0) is 6.61 Å². The van der Waals surface area contributed by atoms with Crippen molar-refractivity contribution in [2.45, 2.75) is 26.4 Å². The molecule has 1 N–H and O–H groups in total. The standard InChI is InChI=1S/C15H19N3O2/c1-2-3-10-16-14-9-11-18(15(19)17-14)20-12-13-7-5-4-6-8-13/h4-9,11H,2-3,10,12H2,1H3,(H,16,17,19). The van der Waals surface area contributed by atoms with Gasteiger partial charge in [0.1, 0.15) is 12.4 Å². The summed E-state index contributed by atoms with van der Waals surface area (Å²) in [5, 5.41) is 3.11. The van der Waals surface area contributed by atoms with Crippen molar-refractivity contribution in [3.8, 4) is 0 Å². The molecule has 2 rings (SSSR count). The highest BCUT2D eigenvalue weighted by molar-refractivity contribution is 5.31. The fraction of sp³-hybridized carbons (Fsp3) is 0.333. The van der Waals surface area contributed by atoms with Crippen molar-refractivity contribution >= 4 is 5.82 Å². The van der Waals surface area contributed by atoms with Crippen molar-refractivity contribution in [3.05, 3.63) is 58.6 Å². The molecule has 0 aliphatic heterocycles. The molecule has 1 aromatic carbocycles. The molecule has 0 aliphatic rings. The highest BCUT2D eigenvalue weighted by Crippen LogP contribution is 2.00. The number of nitrogens with one attached hydrogen (secondary N) is 1. The van der Waals surface area contributed by atoms with Gasteiger partial charge in [0.25, 0.3) is 0 Å². The quantitative estimate of drug-likeness (QED) is 0.785. The molecule has 106 valence electrons. The highest BCUT2D eigenvalue weighted by atomic mass is 16.7. The van der Waals surface area contributed by atoms with E-state index in [1.54, 1.807) is 12.3 Å². The van der Waals surface area contributed by atoms with Crippen LogP contribution in [0.25, 0.3) is 0 Å². The second-order valence-corrected chi connectivity index (χ2v) is 4.46. The first-order valence-electron chi connectivity index (χ1n) is 6.80. The summed E-state index contributed by atoms with van der Waals surface area (Å²) < 4.78 is 1.15. The van der Waals surface area contributed by atoms with Gasteiger partial charge in [-0.1, -0.05) is 43.7 Å². The Bertz CT molecular complexity index is 581. The summed E-state index contributed by atoms with van der Waals surface area (Å²) in [6.45, 7) is 3.27. The number of hydrogen-bond donors (Lipinski definition) is 1. The van der Waals surface area contributed by atoms with Gasteiger partial charge in [0, 0.05) is 12.6 Å². The second-order valence-electron chi connectivity index (χ2n) is 4.46. The molecule has 0 radical (unpaired) electrons. The van der Waals surface area contributed by atoms with E-state index in [0.29, 0.717) is 12.4 Å². The van der Waals surface area contributed by atoms with Crippen molar-refractivity contribution in [3.63, 3.8) is 0 Å². The molecule has 0 atom stereocenters. The topological polar surface area (TPSA) is 56.2 Å². The van der Waals surface area contributed by atoms with Crippen molar-refractivity contribution < 1.29 is 4.84 Å². The predicted molar refractivity (Wildman–Crippen MR) is 78.6 cm³/mol. The van der Waals surface area contributed by atoms with Gasteiger partial charge in [-0.2, -0.15) is 4.98 Å². The minimum atomic E-state index is -0.414. The van der Waals surface area contributed by atoms with Gasteiger partial charge in [-0.15, -0.1) is 4.73 Å². The van der Waals surface area contributed by atoms with Crippen molar-refractivity contribution in [1.82, 2.24) is 9.71 Å². The Balaban J connectivity index is 1.94. The Morgan fingerprint density at radius 2 is 2.05 bits per heavy atom. The lowest BCUT2D eigenvalue weighted by atomic mass is 10.2. The average Bonchev–Trinajstić information content (AvgIpc) is 2.48. The minimum Gasteiger partial charge on any atom is -0.405 e. The number of benzene rings is 1. The molecule has 1 aromatic heterocycles. The summed E-state index contributed by atoms with van der Waals surface area (Å²) in [5.41, 5.74) is 0.590. The molecule has 2 aromatic rings. The van der Waals surface area contributed by atoms with Crippen LogP contribution in [-0.4, -0.2) is 16.3 Å². The zero-order valence-corrected chi connectivity index (χ0v) is 11.6. The average molecular weight is 273 g/mol. The summed E-state index contributed by atoms with van der Waals surface area (Å²) in [6, 6.07) is 11.4. The van der Waals surface area contributed by atoms with Gasteiger partial charge in [0.05, 0.1) is 6.20 Å². The third-order valence-electron chi connectivity index (χ3n) is 2.82. The molecule has 0 saturated carbocycles. The number of nitrogens with zero attached hydrogens (tertiary/aromatic N) is 2. The predicted octanol–water partition coefficient (Wildman–Crippen LogP) is 2.08. The zero-order valence-electron chi connectivity index (χ0n) is 11.6. The summed E-state index contributed by atoms with van der Waals surface area (Å²) in [6.07, 6.45) is 3.74. The molecule has 20 heavy (non-hydrogen) atoms. The van der Waals surface area contributed by atoms with Crippen LogP contribution in [0.3, 0.4) is 0 Å². The van der Waals surface area contributed by atoms with Crippen LogP contribution >= 0.6 is 0 Å². The maximum Gasteiger partial charge on any atom is 0.382 e. The van der Waals surface area contributed by atoms with Crippen LogP contribution in [0.1, 0.15) is 25.3 Å². The van der Waals surface area contributed by atoms with E-state index in [9.17, 15) is 4.79 Å². The van der Waals surface area contributed by atoms with E-state index in [4.69, 9.17) is 4.84 Å². The Morgan fingerprint density at radius 3 is 2.75 bits per heavy atom. The first-order valence-corrected chi connectivity index (χ1v) is 6.80. The molecule has 0 unspecified atom stereocenters. The first-order chi connectivity index (χ1) is 9.79. The third kappa shape index (κ3) is 4.12. The summed E-state index contributed by atoms with van der Waals surface area (Å²) in [5.74, 6) is 0.586. The molecule has 0 aliphatic carbocycles. The molecule has 0 fully saturated rings. The van der Waals surface area contributed by atoms with E-state index in [1.165, 1.54) is 0 Å². The second kappa shape index (κ2) is 7.33. The van der Waals surface area contributed by atoms with Crippen LogP contribution in [0.15, 0.2) is 47.4 Å². The number of anilines is 1. The molecule has 5 nitrogen and oxygen atoms in total. The number of hydrogen-bond acceptors (Lipinski definition) is 4. The van der Waals surface area contributed by atoms with E-state index in [0.717, 1.165) is 29.7 Å². The molecule has 5 heteroatoms. The molecule has 0 saturated heterocycles. The van der Waals surface area contributed by atoms with Crippen LogP contribution in [0.4, 0.5) is 5.82 Å². The number of aromatic nitrogens is 2. The van der Waals surface area contributed by atoms with Crippen LogP contribution in [0, 0.1) is 0 Å². The van der Waals surface area contributed by atoms with E-state index in [2.05, 4.69) is 17.2 Å². The van der Waals surface area contributed by atoms with Gasteiger partial charge in [-0.05, 0) is 12.0 Å². The number of unbranched alkanes of at least 4 members (excludes halogenated alkanes) is 1.